The molecule has 0 aliphatic heterocycles. The van der Waals surface area contributed by atoms with Gasteiger partial charge in [-0.25, -0.2) is 4.98 Å². The minimum Gasteiger partial charge on any atom is -0.477 e. The molecule has 0 atom stereocenters. The molecule has 0 fully saturated rings. The average Bonchev–Trinajstić information content (AvgIpc) is 2.58. The number of nitrogens with zero attached hydrogens (tertiary/aromatic N) is 4. The van der Waals surface area contributed by atoms with E-state index >= 15 is 0 Å². The molecule has 0 bridgehead atoms. The Morgan fingerprint density at radius 2 is 1.92 bits per heavy atom. The van der Waals surface area contributed by atoms with Crippen LogP contribution in [-0.4, -0.2) is 28.5 Å². The standard InChI is InChI=1S/C15H15F3N4O3/c1-3-8-25-13-12(15(16,17)18)9-19-14(20-13)21(2)10-4-6-11(7-5-10)22(23)24/h4-7,9H,3,8H2,1-2H3. The molecule has 0 aliphatic rings. The fourth-order valence-corrected chi connectivity index (χ4v) is 1.94. The highest BCUT2D eigenvalue weighted by atomic mass is 19.4. The van der Waals surface area contributed by atoms with Crippen molar-refractivity contribution in [3.8, 4) is 5.88 Å². The second-order valence-electron chi connectivity index (χ2n) is 5.07. The number of hydrogen-bond donors (Lipinski definition) is 0. The number of nitro groups is 1. The highest BCUT2D eigenvalue weighted by Gasteiger charge is 2.36. The number of hydrogen-bond acceptors (Lipinski definition) is 6. The van der Waals surface area contributed by atoms with Crippen molar-refractivity contribution in [2.75, 3.05) is 18.6 Å². The third-order valence-corrected chi connectivity index (χ3v) is 3.24. The van der Waals surface area contributed by atoms with Gasteiger partial charge in [0.15, 0.2) is 0 Å². The summed E-state index contributed by atoms with van der Waals surface area (Å²) in [6.45, 7) is 1.85. The summed E-state index contributed by atoms with van der Waals surface area (Å²) in [5.41, 5.74) is -0.675. The molecule has 0 amide bonds. The summed E-state index contributed by atoms with van der Waals surface area (Å²) in [4.78, 5) is 19.1. The van der Waals surface area contributed by atoms with E-state index < -0.39 is 22.5 Å². The van der Waals surface area contributed by atoms with Crippen LogP contribution in [-0.2, 0) is 6.18 Å². The van der Waals surface area contributed by atoms with Crippen molar-refractivity contribution >= 4 is 17.3 Å². The topological polar surface area (TPSA) is 81.4 Å². The maximum absolute atomic E-state index is 13.0. The number of nitro benzene ring substituents is 1. The number of rotatable bonds is 6. The summed E-state index contributed by atoms with van der Waals surface area (Å²) in [6, 6.07) is 5.46. The second kappa shape index (κ2) is 7.32. The fraction of sp³-hybridized carbons (Fsp3) is 0.333. The molecule has 0 saturated heterocycles. The Bertz CT molecular complexity index is 751. The van der Waals surface area contributed by atoms with Crippen LogP contribution in [0.25, 0.3) is 0 Å². The molecule has 0 N–H and O–H groups in total. The van der Waals surface area contributed by atoms with E-state index in [0.717, 1.165) is 0 Å². The van der Waals surface area contributed by atoms with Gasteiger partial charge in [-0.3, -0.25) is 10.1 Å². The van der Waals surface area contributed by atoms with Crippen LogP contribution in [0.3, 0.4) is 0 Å². The number of benzene rings is 1. The molecule has 1 aromatic heterocycles. The van der Waals surface area contributed by atoms with Crippen LogP contribution >= 0.6 is 0 Å². The van der Waals surface area contributed by atoms with Gasteiger partial charge in [-0.05, 0) is 18.6 Å². The predicted molar refractivity (Wildman–Crippen MR) is 84.0 cm³/mol. The molecule has 1 heterocycles. The summed E-state index contributed by atoms with van der Waals surface area (Å²) in [5, 5.41) is 10.7. The minimum absolute atomic E-state index is 0.0204. The molecule has 0 saturated carbocycles. The monoisotopic (exact) mass is 356 g/mol. The van der Waals surface area contributed by atoms with Crippen LogP contribution in [0.5, 0.6) is 5.88 Å². The van der Waals surface area contributed by atoms with Gasteiger partial charge in [0.25, 0.3) is 5.69 Å². The van der Waals surface area contributed by atoms with E-state index in [9.17, 15) is 23.3 Å². The van der Waals surface area contributed by atoms with Gasteiger partial charge in [-0.1, -0.05) is 6.92 Å². The maximum Gasteiger partial charge on any atom is 0.423 e. The zero-order valence-electron chi connectivity index (χ0n) is 13.4. The van der Waals surface area contributed by atoms with Crippen LogP contribution in [0.15, 0.2) is 30.5 Å². The number of alkyl halides is 3. The Morgan fingerprint density at radius 1 is 1.28 bits per heavy atom. The molecule has 134 valence electrons. The predicted octanol–water partition coefficient (Wildman–Crippen LogP) is 3.96. The summed E-state index contributed by atoms with van der Waals surface area (Å²) in [5.74, 6) is -0.568. The molecule has 0 spiro atoms. The molecule has 25 heavy (non-hydrogen) atoms. The Labute approximate surface area is 141 Å². The lowest BCUT2D eigenvalue weighted by molar-refractivity contribution is -0.384. The minimum atomic E-state index is -4.63. The van der Waals surface area contributed by atoms with E-state index in [-0.39, 0.29) is 18.2 Å². The summed E-state index contributed by atoms with van der Waals surface area (Å²) in [7, 11) is 1.54. The smallest absolute Gasteiger partial charge is 0.423 e. The molecule has 10 heteroatoms. The number of aromatic nitrogens is 2. The van der Waals surface area contributed by atoms with Gasteiger partial charge in [0.2, 0.25) is 11.8 Å². The van der Waals surface area contributed by atoms with E-state index in [1.165, 1.54) is 36.2 Å². The molecule has 1 aromatic carbocycles. The lowest BCUT2D eigenvalue weighted by Gasteiger charge is -2.19. The third kappa shape index (κ3) is 4.34. The first kappa shape index (κ1) is 18.4. The van der Waals surface area contributed by atoms with E-state index in [2.05, 4.69) is 9.97 Å². The normalized spacial score (nSPS) is 11.2. The van der Waals surface area contributed by atoms with Crippen LogP contribution in [0.2, 0.25) is 0 Å². The van der Waals surface area contributed by atoms with Crippen molar-refractivity contribution in [1.29, 1.82) is 0 Å². The van der Waals surface area contributed by atoms with Gasteiger partial charge < -0.3 is 9.64 Å². The molecule has 0 radical (unpaired) electrons. The van der Waals surface area contributed by atoms with Crippen LogP contribution in [0.4, 0.5) is 30.5 Å². The first-order valence-electron chi connectivity index (χ1n) is 7.29. The molecular weight excluding hydrogens is 341 g/mol. The largest absolute Gasteiger partial charge is 0.477 e. The fourth-order valence-electron chi connectivity index (χ4n) is 1.94. The lowest BCUT2D eigenvalue weighted by atomic mass is 10.2. The van der Waals surface area contributed by atoms with E-state index in [1.54, 1.807) is 6.92 Å². The van der Waals surface area contributed by atoms with Gasteiger partial charge in [0.1, 0.15) is 5.56 Å². The quantitative estimate of drug-likeness (QED) is 0.576. The van der Waals surface area contributed by atoms with Crippen LogP contribution in [0, 0.1) is 10.1 Å². The second-order valence-corrected chi connectivity index (χ2v) is 5.07. The van der Waals surface area contributed by atoms with Gasteiger partial charge in [0, 0.05) is 31.1 Å². The summed E-state index contributed by atoms with van der Waals surface area (Å²) < 4.78 is 44.1. The molecular formula is C15H15F3N4O3. The van der Waals surface area contributed by atoms with Crippen molar-refractivity contribution in [2.45, 2.75) is 19.5 Å². The van der Waals surface area contributed by atoms with Gasteiger partial charge in [-0.2, -0.15) is 18.2 Å². The highest BCUT2D eigenvalue weighted by Crippen LogP contribution is 2.36. The Morgan fingerprint density at radius 3 is 2.44 bits per heavy atom. The maximum atomic E-state index is 13.0. The van der Waals surface area contributed by atoms with Crippen molar-refractivity contribution in [2.24, 2.45) is 0 Å². The zero-order chi connectivity index (χ0) is 18.6. The molecule has 7 nitrogen and oxygen atoms in total. The van der Waals surface area contributed by atoms with Crippen molar-refractivity contribution in [3.05, 3.63) is 46.1 Å². The number of halogens is 3. The van der Waals surface area contributed by atoms with E-state index in [1.807, 2.05) is 0 Å². The van der Waals surface area contributed by atoms with Crippen LogP contribution < -0.4 is 9.64 Å². The average molecular weight is 356 g/mol. The number of non-ortho nitro benzene ring substituents is 1. The van der Waals surface area contributed by atoms with Crippen LogP contribution in [0.1, 0.15) is 18.9 Å². The zero-order valence-corrected chi connectivity index (χ0v) is 13.4. The SMILES string of the molecule is CCCOc1nc(N(C)c2ccc([N+](=O)[O-])cc2)ncc1C(F)(F)F. The van der Waals surface area contributed by atoms with Gasteiger partial charge in [0.05, 0.1) is 11.5 Å². The van der Waals surface area contributed by atoms with Gasteiger partial charge in [-0.15, -0.1) is 0 Å². The van der Waals surface area contributed by atoms with E-state index in [0.29, 0.717) is 18.3 Å². The highest BCUT2D eigenvalue weighted by molar-refractivity contribution is 5.58. The van der Waals surface area contributed by atoms with Crippen molar-refractivity contribution in [3.63, 3.8) is 0 Å². The molecule has 2 rings (SSSR count). The summed E-state index contributed by atoms with van der Waals surface area (Å²) in [6.07, 6.45) is -3.45. The Balaban J connectivity index is 2.35. The Kier molecular flexibility index (Phi) is 5.40. The summed E-state index contributed by atoms with van der Waals surface area (Å²) >= 11 is 0. The lowest BCUT2D eigenvalue weighted by Crippen LogP contribution is -2.17. The molecule has 0 unspecified atom stereocenters. The number of ether oxygens (including phenoxy) is 1. The van der Waals surface area contributed by atoms with E-state index in [4.69, 9.17) is 4.74 Å². The first-order chi connectivity index (χ1) is 11.7. The van der Waals surface area contributed by atoms with Crippen molar-refractivity contribution in [1.82, 2.24) is 9.97 Å². The first-order valence-corrected chi connectivity index (χ1v) is 7.29. The third-order valence-electron chi connectivity index (χ3n) is 3.24. The van der Waals surface area contributed by atoms with Gasteiger partial charge >= 0.3 is 6.18 Å². The molecule has 0 aliphatic carbocycles. The molecule has 2 aromatic rings. The number of anilines is 2. The Hall–Kier alpha value is -2.91. The van der Waals surface area contributed by atoms with Crippen molar-refractivity contribution < 1.29 is 22.8 Å².